The normalized spacial score (nSPS) is 22.5. The minimum atomic E-state index is -0.0768. The van der Waals surface area contributed by atoms with Crippen LogP contribution < -0.4 is 14.8 Å². The maximum atomic E-state index is 12.7. The van der Waals surface area contributed by atoms with Gasteiger partial charge >= 0.3 is 0 Å². The molecule has 1 fully saturated rings. The molecule has 1 amide bonds. The molecule has 2 aliphatic heterocycles. The van der Waals surface area contributed by atoms with Gasteiger partial charge < -0.3 is 19.8 Å². The fourth-order valence-corrected chi connectivity index (χ4v) is 3.72. The second-order valence-corrected chi connectivity index (χ2v) is 7.38. The number of benzene rings is 1. The van der Waals surface area contributed by atoms with Crippen LogP contribution in [-0.2, 0) is 0 Å². The number of ether oxygens (including phenoxy) is 2. The maximum absolute atomic E-state index is 12.7. The van der Waals surface area contributed by atoms with Gasteiger partial charge in [-0.05, 0) is 51.9 Å². The maximum Gasteiger partial charge on any atom is 0.251 e. The van der Waals surface area contributed by atoms with Crippen molar-refractivity contribution in [1.29, 1.82) is 0 Å². The lowest BCUT2D eigenvalue weighted by Crippen LogP contribution is -2.45. The Morgan fingerprint density at radius 3 is 2.78 bits per heavy atom. The number of carbonyl (C=O) groups is 1. The second-order valence-electron chi connectivity index (χ2n) is 7.38. The minimum Gasteiger partial charge on any atom is -0.486 e. The number of aryl methyl sites for hydroxylation is 2. The van der Waals surface area contributed by atoms with Crippen LogP contribution in [0.3, 0.4) is 0 Å². The number of amides is 1. The molecular weight excluding hydrogens is 344 g/mol. The van der Waals surface area contributed by atoms with Crippen molar-refractivity contribution < 1.29 is 14.3 Å². The van der Waals surface area contributed by atoms with E-state index in [0.717, 1.165) is 36.6 Å². The molecule has 0 spiro atoms. The second kappa shape index (κ2) is 7.23. The molecule has 0 saturated carbocycles. The van der Waals surface area contributed by atoms with Gasteiger partial charge in [0, 0.05) is 23.8 Å². The number of aromatic amines is 1. The molecule has 1 unspecified atom stereocenters. The highest BCUT2D eigenvalue weighted by Crippen LogP contribution is 2.32. The number of likely N-dealkylation sites (tertiary alicyclic amines) is 1. The van der Waals surface area contributed by atoms with E-state index < -0.39 is 0 Å². The lowest BCUT2D eigenvalue weighted by atomic mass is 9.96. The van der Waals surface area contributed by atoms with E-state index in [2.05, 4.69) is 27.2 Å². The van der Waals surface area contributed by atoms with Crippen LogP contribution in [0, 0.1) is 13.8 Å². The predicted molar refractivity (Wildman–Crippen MR) is 101 cm³/mol. The van der Waals surface area contributed by atoms with Gasteiger partial charge in [0.1, 0.15) is 19.0 Å². The summed E-state index contributed by atoms with van der Waals surface area (Å²) in [6.07, 6.45) is 1.75. The van der Waals surface area contributed by atoms with Crippen LogP contribution in [-0.4, -0.2) is 53.6 Å². The van der Waals surface area contributed by atoms with Crippen molar-refractivity contribution in [2.24, 2.45) is 0 Å². The molecule has 4 rings (SSSR count). The summed E-state index contributed by atoms with van der Waals surface area (Å²) in [6.45, 7) is 6.02. The van der Waals surface area contributed by atoms with Crippen molar-refractivity contribution in [1.82, 2.24) is 20.2 Å². The van der Waals surface area contributed by atoms with Crippen molar-refractivity contribution >= 4 is 5.91 Å². The zero-order valence-electron chi connectivity index (χ0n) is 16.0. The summed E-state index contributed by atoms with van der Waals surface area (Å²) in [5, 5.41) is 3.18. The minimum absolute atomic E-state index is 0.0768. The first-order valence-corrected chi connectivity index (χ1v) is 9.45. The van der Waals surface area contributed by atoms with E-state index in [1.165, 1.54) is 0 Å². The highest BCUT2D eigenvalue weighted by Gasteiger charge is 2.30. The first kappa shape index (κ1) is 17.9. The molecule has 1 aromatic heterocycles. The molecule has 7 nitrogen and oxygen atoms in total. The summed E-state index contributed by atoms with van der Waals surface area (Å²) in [6, 6.07) is 5.63. The zero-order valence-corrected chi connectivity index (χ0v) is 16.0. The van der Waals surface area contributed by atoms with E-state index in [4.69, 9.17) is 9.47 Å². The van der Waals surface area contributed by atoms with Gasteiger partial charge in [-0.1, -0.05) is 0 Å². The van der Waals surface area contributed by atoms with Gasteiger partial charge in [-0.3, -0.25) is 9.69 Å². The van der Waals surface area contributed by atoms with Crippen LogP contribution in [0.1, 0.15) is 46.5 Å². The number of imidazole rings is 1. The SMILES string of the molecule is Cc1nc([C@H]2CC(NC(=O)c3ccc4c(c3)OCCO4)CCN2C)[nH]c1C. The van der Waals surface area contributed by atoms with Crippen LogP contribution in [0.15, 0.2) is 18.2 Å². The molecule has 1 saturated heterocycles. The number of piperidine rings is 1. The molecule has 7 heteroatoms. The summed E-state index contributed by atoms with van der Waals surface area (Å²) in [5.74, 6) is 2.23. The van der Waals surface area contributed by atoms with Crippen molar-refractivity contribution in [2.45, 2.75) is 38.8 Å². The third-order valence-electron chi connectivity index (χ3n) is 5.47. The van der Waals surface area contributed by atoms with E-state index >= 15 is 0 Å². The predicted octanol–water partition coefficient (Wildman–Crippen LogP) is 2.36. The van der Waals surface area contributed by atoms with Crippen molar-refractivity contribution in [3.63, 3.8) is 0 Å². The highest BCUT2D eigenvalue weighted by atomic mass is 16.6. The Morgan fingerprint density at radius 2 is 2.04 bits per heavy atom. The van der Waals surface area contributed by atoms with E-state index in [1.807, 2.05) is 13.8 Å². The quantitative estimate of drug-likeness (QED) is 0.867. The summed E-state index contributed by atoms with van der Waals surface area (Å²) in [4.78, 5) is 23.1. The fourth-order valence-electron chi connectivity index (χ4n) is 3.72. The number of nitrogens with one attached hydrogen (secondary N) is 2. The molecule has 3 heterocycles. The standard InChI is InChI=1S/C20H26N4O3/c1-12-13(2)22-19(21-12)16-11-15(6-7-24(16)3)23-20(25)14-4-5-17-18(10-14)27-9-8-26-17/h4-5,10,15-16H,6-9,11H2,1-3H3,(H,21,22)(H,23,25)/t15?,16-/m1/s1. The van der Waals surface area contributed by atoms with E-state index in [1.54, 1.807) is 18.2 Å². The Bertz CT molecular complexity index is 828. The number of fused-ring (bicyclic) bond motifs is 1. The van der Waals surface area contributed by atoms with Crippen molar-refractivity contribution in [3.05, 3.63) is 41.0 Å². The third-order valence-corrected chi connectivity index (χ3v) is 5.47. The van der Waals surface area contributed by atoms with E-state index in [-0.39, 0.29) is 18.0 Å². The van der Waals surface area contributed by atoms with Gasteiger partial charge in [0.05, 0.1) is 11.7 Å². The summed E-state index contributed by atoms with van der Waals surface area (Å²) >= 11 is 0. The largest absolute Gasteiger partial charge is 0.486 e. The molecule has 2 aromatic rings. The lowest BCUT2D eigenvalue weighted by molar-refractivity contribution is 0.0883. The van der Waals surface area contributed by atoms with Gasteiger partial charge in [0.15, 0.2) is 11.5 Å². The molecule has 2 N–H and O–H groups in total. The first-order valence-electron chi connectivity index (χ1n) is 9.45. The topological polar surface area (TPSA) is 79.5 Å². The molecule has 1 aromatic carbocycles. The smallest absolute Gasteiger partial charge is 0.251 e. The molecule has 2 aliphatic rings. The van der Waals surface area contributed by atoms with Crippen LogP contribution in [0.4, 0.5) is 0 Å². The van der Waals surface area contributed by atoms with Gasteiger partial charge in [-0.2, -0.15) is 0 Å². The molecule has 0 aliphatic carbocycles. The Hall–Kier alpha value is -2.54. The molecule has 0 bridgehead atoms. The van der Waals surface area contributed by atoms with Crippen LogP contribution in [0.5, 0.6) is 11.5 Å². The molecular formula is C20H26N4O3. The molecule has 0 radical (unpaired) electrons. The number of H-pyrrole nitrogens is 1. The average Bonchev–Trinajstić information content (AvgIpc) is 3.01. The summed E-state index contributed by atoms with van der Waals surface area (Å²) < 4.78 is 11.1. The number of carbonyl (C=O) groups excluding carboxylic acids is 1. The van der Waals surface area contributed by atoms with Crippen molar-refractivity contribution in [2.75, 3.05) is 26.8 Å². The Balaban J connectivity index is 1.45. The van der Waals surface area contributed by atoms with E-state index in [9.17, 15) is 4.79 Å². The van der Waals surface area contributed by atoms with Gasteiger partial charge in [-0.15, -0.1) is 0 Å². The molecule has 2 atom stereocenters. The molecule has 27 heavy (non-hydrogen) atoms. The number of rotatable bonds is 3. The lowest BCUT2D eigenvalue weighted by Gasteiger charge is -2.36. The molecule has 144 valence electrons. The number of hydrogen-bond donors (Lipinski definition) is 2. The summed E-state index contributed by atoms with van der Waals surface area (Å²) in [5.41, 5.74) is 2.72. The highest BCUT2D eigenvalue weighted by molar-refractivity contribution is 5.95. The van der Waals surface area contributed by atoms with Crippen molar-refractivity contribution in [3.8, 4) is 11.5 Å². The van der Waals surface area contributed by atoms with Gasteiger partial charge in [0.2, 0.25) is 0 Å². The third kappa shape index (κ3) is 3.64. The first-order chi connectivity index (χ1) is 13.0. The van der Waals surface area contributed by atoms with Crippen LogP contribution in [0.2, 0.25) is 0 Å². The number of nitrogens with zero attached hydrogens (tertiary/aromatic N) is 2. The average molecular weight is 370 g/mol. The Kier molecular flexibility index (Phi) is 4.78. The van der Waals surface area contributed by atoms with Gasteiger partial charge in [0.25, 0.3) is 5.91 Å². The Labute approximate surface area is 159 Å². The zero-order chi connectivity index (χ0) is 19.0. The fraction of sp³-hybridized carbons (Fsp3) is 0.500. The van der Waals surface area contributed by atoms with Crippen LogP contribution in [0.25, 0.3) is 0 Å². The number of aromatic nitrogens is 2. The van der Waals surface area contributed by atoms with E-state index in [0.29, 0.717) is 30.3 Å². The Morgan fingerprint density at radius 1 is 1.26 bits per heavy atom. The number of hydrogen-bond acceptors (Lipinski definition) is 5. The van der Waals surface area contributed by atoms with Gasteiger partial charge in [-0.25, -0.2) is 4.98 Å². The monoisotopic (exact) mass is 370 g/mol. The van der Waals surface area contributed by atoms with Crippen LogP contribution >= 0.6 is 0 Å². The summed E-state index contributed by atoms with van der Waals surface area (Å²) in [7, 11) is 2.11.